The fraction of sp³-hybridized carbons (Fsp3) is 0.474. The molecule has 0 spiro atoms. The van der Waals surface area contributed by atoms with Gasteiger partial charge in [0.15, 0.2) is 0 Å². The van der Waals surface area contributed by atoms with Crippen LogP contribution in [0.2, 0.25) is 0 Å². The molecule has 1 unspecified atom stereocenters. The molecule has 1 fully saturated rings. The minimum atomic E-state index is -3.50. The van der Waals surface area contributed by atoms with Crippen LogP contribution in [0, 0.1) is 12.8 Å². The average Bonchev–Trinajstić information content (AvgIpc) is 2.97. The lowest BCUT2D eigenvalue weighted by Gasteiger charge is -2.24. The fourth-order valence-electron chi connectivity index (χ4n) is 3.15. The maximum absolute atomic E-state index is 13.1. The van der Waals surface area contributed by atoms with Gasteiger partial charge in [-0.1, -0.05) is 29.8 Å². The molecule has 142 valence electrons. The number of rotatable bonds is 5. The first kappa shape index (κ1) is 19.5. The van der Waals surface area contributed by atoms with E-state index in [9.17, 15) is 8.42 Å². The molecule has 7 heteroatoms. The molecule has 1 atom stereocenters. The summed E-state index contributed by atoms with van der Waals surface area (Å²) in [7, 11) is 0.498. The molecule has 1 saturated heterocycles. The lowest BCUT2D eigenvalue weighted by atomic mass is 10.1. The number of hydrogen-bond acceptors (Lipinski definition) is 5. The summed E-state index contributed by atoms with van der Waals surface area (Å²) in [5, 5.41) is 0. The summed E-state index contributed by atoms with van der Waals surface area (Å²) in [5.74, 6) is 0.179. The Hall–Kier alpha value is -1.25. The van der Waals surface area contributed by atoms with Crippen molar-refractivity contribution in [2.24, 2.45) is 5.92 Å². The first-order valence-corrected chi connectivity index (χ1v) is 11.0. The zero-order valence-corrected chi connectivity index (χ0v) is 17.1. The molecule has 0 N–H and O–H groups in total. The second-order valence-electron chi connectivity index (χ2n) is 7.05. The molecule has 0 aliphatic carbocycles. The zero-order valence-electron chi connectivity index (χ0n) is 15.5. The van der Waals surface area contributed by atoms with Crippen LogP contribution in [0.15, 0.2) is 40.6 Å². The van der Waals surface area contributed by atoms with E-state index < -0.39 is 10.0 Å². The van der Waals surface area contributed by atoms with Crippen molar-refractivity contribution in [1.29, 1.82) is 0 Å². The minimum absolute atomic E-state index is 0.179. The lowest BCUT2D eigenvalue weighted by Crippen LogP contribution is -2.38. The summed E-state index contributed by atoms with van der Waals surface area (Å²) in [5.41, 5.74) is 2.24. The molecule has 1 aromatic carbocycles. The van der Waals surface area contributed by atoms with Gasteiger partial charge in [-0.3, -0.25) is 0 Å². The molecule has 3 rings (SSSR count). The van der Waals surface area contributed by atoms with E-state index in [1.54, 1.807) is 10.4 Å². The number of ether oxygens (including phenoxy) is 1. The van der Waals surface area contributed by atoms with E-state index in [-0.39, 0.29) is 5.92 Å². The van der Waals surface area contributed by atoms with Gasteiger partial charge in [-0.05, 0) is 38.7 Å². The molecular formula is C19H26N2O3S2. The fourth-order valence-corrected chi connectivity index (χ4v) is 6.12. The summed E-state index contributed by atoms with van der Waals surface area (Å²) < 4.78 is 33.9. The van der Waals surface area contributed by atoms with Crippen molar-refractivity contribution in [3.63, 3.8) is 0 Å². The van der Waals surface area contributed by atoms with Crippen LogP contribution in [0.25, 0.3) is 10.4 Å². The van der Waals surface area contributed by atoms with Crippen LogP contribution in [-0.4, -0.2) is 64.6 Å². The second kappa shape index (κ2) is 8.19. The molecule has 0 bridgehead atoms. The molecule has 0 saturated carbocycles. The Morgan fingerprint density at radius 3 is 2.62 bits per heavy atom. The Labute approximate surface area is 160 Å². The SMILES string of the molecule is Cc1ccc(-c2ccc(S(=O)(=O)N3CCOCC(CN(C)C)C3)s2)cc1. The molecule has 0 radical (unpaired) electrons. The first-order valence-electron chi connectivity index (χ1n) is 8.76. The summed E-state index contributed by atoms with van der Waals surface area (Å²) in [6, 6.07) is 11.8. The van der Waals surface area contributed by atoms with Gasteiger partial charge in [-0.2, -0.15) is 4.31 Å². The van der Waals surface area contributed by atoms with Crippen molar-refractivity contribution in [3.8, 4) is 10.4 Å². The van der Waals surface area contributed by atoms with Gasteiger partial charge in [0, 0.05) is 30.4 Å². The van der Waals surface area contributed by atoms with Gasteiger partial charge in [-0.15, -0.1) is 11.3 Å². The minimum Gasteiger partial charge on any atom is -0.380 e. The number of thiophene rings is 1. The number of aryl methyl sites for hydroxylation is 1. The lowest BCUT2D eigenvalue weighted by molar-refractivity contribution is 0.113. The highest BCUT2D eigenvalue weighted by Gasteiger charge is 2.30. The molecule has 2 aromatic rings. The topological polar surface area (TPSA) is 49.9 Å². The van der Waals surface area contributed by atoms with Crippen molar-refractivity contribution in [2.75, 3.05) is 46.9 Å². The van der Waals surface area contributed by atoms with Gasteiger partial charge in [0.2, 0.25) is 0 Å². The van der Waals surface area contributed by atoms with Gasteiger partial charge in [0.25, 0.3) is 10.0 Å². The predicted molar refractivity (Wildman–Crippen MR) is 106 cm³/mol. The smallest absolute Gasteiger partial charge is 0.252 e. The van der Waals surface area contributed by atoms with Crippen molar-refractivity contribution in [2.45, 2.75) is 11.1 Å². The average molecular weight is 395 g/mol. The van der Waals surface area contributed by atoms with E-state index >= 15 is 0 Å². The summed E-state index contributed by atoms with van der Waals surface area (Å²) in [6.07, 6.45) is 0. The maximum Gasteiger partial charge on any atom is 0.252 e. The largest absolute Gasteiger partial charge is 0.380 e. The monoisotopic (exact) mass is 394 g/mol. The highest BCUT2D eigenvalue weighted by Crippen LogP contribution is 2.33. The summed E-state index contributed by atoms with van der Waals surface area (Å²) >= 11 is 1.33. The molecule has 0 amide bonds. The summed E-state index contributed by atoms with van der Waals surface area (Å²) in [4.78, 5) is 3.05. The van der Waals surface area contributed by atoms with Crippen molar-refractivity contribution in [1.82, 2.24) is 9.21 Å². The Morgan fingerprint density at radius 1 is 1.19 bits per heavy atom. The highest BCUT2D eigenvalue weighted by atomic mass is 32.2. The molecule has 26 heavy (non-hydrogen) atoms. The van der Waals surface area contributed by atoms with Gasteiger partial charge in [0.05, 0.1) is 13.2 Å². The Kier molecular flexibility index (Phi) is 6.14. The third kappa shape index (κ3) is 4.53. The van der Waals surface area contributed by atoms with Crippen LogP contribution in [-0.2, 0) is 14.8 Å². The highest BCUT2D eigenvalue weighted by molar-refractivity contribution is 7.91. The molecular weight excluding hydrogens is 368 g/mol. The molecule has 1 aromatic heterocycles. The summed E-state index contributed by atoms with van der Waals surface area (Å²) in [6.45, 7) is 4.80. The molecule has 2 heterocycles. The Morgan fingerprint density at radius 2 is 1.92 bits per heavy atom. The van der Waals surface area contributed by atoms with Crippen LogP contribution in [0.5, 0.6) is 0 Å². The van der Waals surface area contributed by atoms with E-state index in [1.165, 1.54) is 16.9 Å². The van der Waals surface area contributed by atoms with Crippen LogP contribution in [0.3, 0.4) is 0 Å². The molecule has 1 aliphatic rings. The van der Waals surface area contributed by atoms with Crippen molar-refractivity contribution >= 4 is 21.4 Å². The third-order valence-electron chi connectivity index (χ3n) is 4.44. The maximum atomic E-state index is 13.1. The van der Waals surface area contributed by atoms with Crippen LogP contribution in [0.4, 0.5) is 0 Å². The van der Waals surface area contributed by atoms with Crippen LogP contribution < -0.4 is 0 Å². The Balaban J connectivity index is 1.82. The van der Waals surface area contributed by atoms with Crippen LogP contribution in [0.1, 0.15) is 5.56 Å². The van der Waals surface area contributed by atoms with Gasteiger partial charge < -0.3 is 9.64 Å². The van der Waals surface area contributed by atoms with E-state index in [0.717, 1.165) is 17.0 Å². The quantitative estimate of drug-likeness (QED) is 0.782. The number of sulfonamides is 1. The number of benzene rings is 1. The van der Waals surface area contributed by atoms with E-state index in [1.807, 2.05) is 51.4 Å². The van der Waals surface area contributed by atoms with Crippen molar-refractivity contribution in [3.05, 3.63) is 42.0 Å². The second-order valence-corrected chi connectivity index (χ2v) is 10.3. The van der Waals surface area contributed by atoms with Gasteiger partial charge in [0.1, 0.15) is 4.21 Å². The normalized spacial score (nSPS) is 19.6. The van der Waals surface area contributed by atoms with E-state index in [4.69, 9.17) is 4.74 Å². The van der Waals surface area contributed by atoms with Gasteiger partial charge >= 0.3 is 0 Å². The predicted octanol–water partition coefficient (Wildman–Crippen LogP) is 2.92. The molecule has 5 nitrogen and oxygen atoms in total. The third-order valence-corrected chi connectivity index (χ3v) is 7.90. The zero-order chi connectivity index (χ0) is 18.7. The standard InChI is InChI=1S/C19H26N2O3S2/c1-15-4-6-17(7-5-15)18-8-9-19(25-18)26(22,23)21-10-11-24-14-16(13-21)12-20(2)3/h4-9,16H,10-14H2,1-3H3. The van der Waals surface area contributed by atoms with E-state index in [2.05, 4.69) is 4.90 Å². The molecule has 1 aliphatic heterocycles. The number of hydrogen-bond donors (Lipinski definition) is 0. The van der Waals surface area contributed by atoms with Crippen LogP contribution >= 0.6 is 11.3 Å². The van der Waals surface area contributed by atoms with E-state index in [0.29, 0.717) is 30.5 Å². The van der Waals surface area contributed by atoms with Gasteiger partial charge in [-0.25, -0.2) is 8.42 Å². The Bertz CT molecular complexity index is 829. The first-order chi connectivity index (χ1) is 12.4. The number of nitrogens with zero attached hydrogens (tertiary/aromatic N) is 2. The van der Waals surface area contributed by atoms with Crippen molar-refractivity contribution < 1.29 is 13.2 Å².